The average molecular weight is 462 g/mol. The van der Waals surface area contributed by atoms with E-state index in [2.05, 4.69) is 10.1 Å². The Morgan fingerprint density at radius 2 is 1.88 bits per heavy atom. The summed E-state index contributed by atoms with van der Waals surface area (Å²) in [6.45, 7) is 4.42. The molecule has 11 heteroatoms. The van der Waals surface area contributed by atoms with Gasteiger partial charge in [0.2, 0.25) is 11.7 Å². The van der Waals surface area contributed by atoms with Crippen molar-refractivity contribution in [3.05, 3.63) is 75.7 Å². The molecule has 3 rings (SSSR count). The van der Waals surface area contributed by atoms with Gasteiger partial charge in [-0.3, -0.25) is 14.9 Å². The quantitative estimate of drug-likeness (QED) is 0.345. The molecule has 0 bridgehead atoms. The third kappa shape index (κ3) is 6.15. The standard InChI is InChI=1S/C22H21F3N4O4/c1-14(2)13-28(21(30)15-6-8-17(9-7-15)22(23,24)25)11-10-19-26-20(27-33-19)16-4-3-5-18(12-16)29(31)32/h3-9,12,14H,10-11,13H2,1-2H3. The second-order valence-electron chi connectivity index (χ2n) is 7.79. The van der Waals surface area contributed by atoms with Gasteiger partial charge in [0.1, 0.15) is 0 Å². The summed E-state index contributed by atoms with van der Waals surface area (Å²) < 4.78 is 43.6. The van der Waals surface area contributed by atoms with Gasteiger partial charge < -0.3 is 9.42 Å². The van der Waals surface area contributed by atoms with Crippen LogP contribution in [0.2, 0.25) is 0 Å². The lowest BCUT2D eigenvalue weighted by molar-refractivity contribution is -0.384. The summed E-state index contributed by atoms with van der Waals surface area (Å²) in [6, 6.07) is 9.87. The minimum absolute atomic E-state index is 0.107. The Bertz CT molecular complexity index is 1130. The molecular formula is C22H21F3N4O4. The lowest BCUT2D eigenvalue weighted by atomic mass is 10.1. The van der Waals surface area contributed by atoms with Gasteiger partial charge in [-0.15, -0.1) is 0 Å². The molecule has 0 aliphatic rings. The highest BCUT2D eigenvalue weighted by atomic mass is 19.4. The predicted molar refractivity (Wildman–Crippen MR) is 112 cm³/mol. The van der Waals surface area contributed by atoms with Crippen LogP contribution in [0.4, 0.5) is 18.9 Å². The van der Waals surface area contributed by atoms with Crippen LogP contribution in [0.1, 0.15) is 35.7 Å². The second kappa shape index (κ2) is 9.80. The van der Waals surface area contributed by atoms with E-state index in [0.717, 1.165) is 24.3 Å². The summed E-state index contributed by atoms with van der Waals surface area (Å²) in [5.41, 5.74) is -0.372. The van der Waals surface area contributed by atoms with Crippen molar-refractivity contribution in [2.75, 3.05) is 13.1 Å². The van der Waals surface area contributed by atoms with Gasteiger partial charge in [-0.05, 0) is 30.2 Å². The molecule has 0 aliphatic carbocycles. The summed E-state index contributed by atoms with van der Waals surface area (Å²) in [7, 11) is 0. The molecule has 0 unspecified atom stereocenters. The van der Waals surface area contributed by atoms with Crippen LogP contribution in [0.25, 0.3) is 11.4 Å². The van der Waals surface area contributed by atoms with Crippen molar-refractivity contribution in [2.45, 2.75) is 26.4 Å². The number of benzene rings is 2. The third-order valence-corrected chi connectivity index (χ3v) is 4.71. The first-order valence-electron chi connectivity index (χ1n) is 10.1. The summed E-state index contributed by atoms with van der Waals surface area (Å²) in [5, 5.41) is 14.8. The van der Waals surface area contributed by atoms with Crippen molar-refractivity contribution in [1.82, 2.24) is 15.0 Å². The molecule has 0 saturated heterocycles. The van der Waals surface area contributed by atoms with Gasteiger partial charge >= 0.3 is 6.18 Å². The van der Waals surface area contributed by atoms with Crippen LogP contribution in [0.5, 0.6) is 0 Å². The van der Waals surface area contributed by atoms with Crippen molar-refractivity contribution >= 4 is 11.6 Å². The number of rotatable bonds is 8. The molecule has 33 heavy (non-hydrogen) atoms. The van der Waals surface area contributed by atoms with E-state index in [9.17, 15) is 28.1 Å². The highest BCUT2D eigenvalue weighted by Crippen LogP contribution is 2.29. The molecule has 1 aromatic heterocycles. The fourth-order valence-electron chi connectivity index (χ4n) is 3.16. The number of hydrogen-bond acceptors (Lipinski definition) is 6. The van der Waals surface area contributed by atoms with Crippen molar-refractivity contribution in [1.29, 1.82) is 0 Å². The van der Waals surface area contributed by atoms with Gasteiger partial charge in [0.15, 0.2) is 0 Å². The Kier molecular flexibility index (Phi) is 7.10. The van der Waals surface area contributed by atoms with Crippen molar-refractivity contribution < 1.29 is 27.4 Å². The molecule has 1 heterocycles. The Labute approximate surface area is 187 Å². The second-order valence-corrected chi connectivity index (χ2v) is 7.79. The van der Waals surface area contributed by atoms with Crippen molar-refractivity contribution in [3.63, 3.8) is 0 Å². The van der Waals surface area contributed by atoms with Crippen LogP contribution in [0.15, 0.2) is 53.1 Å². The van der Waals surface area contributed by atoms with E-state index in [4.69, 9.17) is 4.52 Å². The molecule has 0 saturated carbocycles. The number of carbonyl (C=O) groups excluding carboxylic acids is 1. The highest BCUT2D eigenvalue weighted by molar-refractivity contribution is 5.94. The topological polar surface area (TPSA) is 102 Å². The van der Waals surface area contributed by atoms with Crippen LogP contribution in [-0.4, -0.2) is 39.0 Å². The predicted octanol–water partition coefficient (Wildman–Crippen LogP) is 5.00. The Balaban J connectivity index is 1.72. The number of carbonyl (C=O) groups is 1. The number of hydrogen-bond donors (Lipinski definition) is 0. The number of halogens is 3. The van der Waals surface area contributed by atoms with E-state index in [-0.39, 0.29) is 41.8 Å². The van der Waals surface area contributed by atoms with Crippen LogP contribution < -0.4 is 0 Å². The molecule has 0 N–H and O–H groups in total. The minimum atomic E-state index is -4.48. The van der Waals surface area contributed by atoms with Gasteiger partial charge in [-0.25, -0.2) is 0 Å². The molecule has 0 atom stereocenters. The molecule has 0 fully saturated rings. The number of aromatic nitrogens is 2. The molecule has 8 nitrogen and oxygen atoms in total. The molecule has 0 spiro atoms. The fraction of sp³-hybridized carbons (Fsp3) is 0.318. The lowest BCUT2D eigenvalue weighted by Gasteiger charge is -2.24. The lowest BCUT2D eigenvalue weighted by Crippen LogP contribution is -2.36. The average Bonchev–Trinajstić information content (AvgIpc) is 3.24. The molecule has 2 aromatic carbocycles. The van der Waals surface area contributed by atoms with E-state index in [0.29, 0.717) is 12.1 Å². The van der Waals surface area contributed by atoms with Crippen molar-refractivity contribution in [3.8, 4) is 11.4 Å². The number of nitrogens with zero attached hydrogens (tertiary/aromatic N) is 4. The number of non-ortho nitro benzene ring substituents is 1. The first kappa shape index (κ1) is 23.9. The van der Waals surface area contributed by atoms with E-state index in [1.165, 1.54) is 23.1 Å². The number of amides is 1. The van der Waals surface area contributed by atoms with E-state index in [1.54, 1.807) is 6.07 Å². The first-order valence-corrected chi connectivity index (χ1v) is 10.1. The SMILES string of the molecule is CC(C)CN(CCc1nc(-c2cccc([N+](=O)[O-])c2)no1)C(=O)c1ccc(C(F)(F)F)cc1. The molecule has 1 amide bonds. The maximum absolute atomic E-state index is 12.9. The molecular weight excluding hydrogens is 441 g/mol. The molecule has 3 aromatic rings. The number of alkyl halides is 3. The maximum atomic E-state index is 12.9. The third-order valence-electron chi connectivity index (χ3n) is 4.71. The molecule has 0 aliphatic heterocycles. The minimum Gasteiger partial charge on any atom is -0.339 e. The Morgan fingerprint density at radius 1 is 1.18 bits per heavy atom. The normalized spacial score (nSPS) is 11.6. The summed E-state index contributed by atoms with van der Waals surface area (Å²) in [6.07, 6.45) is -4.27. The van der Waals surface area contributed by atoms with Gasteiger partial charge in [-0.2, -0.15) is 18.2 Å². The maximum Gasteiger partial charge on any atom is 0.416 e. The van der Waals surface area contributed by atoms with Gasteiger partial charge in [0.05, 0.1) is 10.5 Å². The zero-order valence-corrected chi connectivity index (χ0v) is 17.9. The van der Waals surface area contributed by atoms with E-state index < -0.39 is 22.6 Å². The van der Waals surface area contributed by atoms with Gasteiger partial charge in [0, 0.05) is 42.8 Å². The van der Waals surface area contributed by atoms with Crippen LogP contribution >= 0.6 is 0 Å². The first-order chi connectivity index (χ1) is 15.5. The molecule has 0 radical (unpaired) electrons. The van der Waals surface area contributed by atoms with Crippen LogP contribution in [-0.2, 0) is 12.6 Å². The number of nitro groups is 1. The summed E-state index contributed by atoms with van der Waals surface area (Å²) >= 11 is 0. The number of nitro benzene ring substituents is 1. The van der Waals surface area contributed by atoms with Crippen molar-refractivity contribution in [2.24, 2.45) is 5.92 Å². The largest absolute Gasteiger partial charge is 0.416 e. The fourth-order valence-corrected chi connectivity index (χ4v) is 3.16. The monoisotopic (exact) mass is 462 g/mol. The zero-order chi connectivity index (χ0) is 24.2. The Morgan fingerprint density at radius 3 is 2.48 bits per heavy atom. The van der Waals surface area contributed by atoms with E-state index in [1.807, 2.05) is 13.8 Å². The van der Waals surface area contributed by atoms with Crippen LogP contribution in [0.3, 0.4) is 0 Å². The Hall–Kier alpha value is -3.76. The molecule has 174 valence electrons. The van der Waals surface area contributed by atoms with Crippen LogP contribution in [0, 0.1) is 16.0 Å². The van der Waals surface area contributed by atoms with Gasteiger partial charge in [-0.1, -0.05) is 31.1 Å². The highest BCUT2D eigenvalue weighted by Gasteiger charge is 2.30. The van der Waals surface area contributed by atoms with Gasteiger partial charge in [0.25, 0.3) is 11.6 Å². The smallest absolute Gasteiger partial charge is 0.339 e. The summed E-state index contributed by atoms with van der Waals surface area (Å²) in [4.78, 5) is 29.1. The summed E-state index contributed by atoms with van der Waals surface area (Å²) in [5.74, 6) is 0.117. The van der Waals surface area contributed by atoms with E-state index >= 15 is 0 Å². The zero-order valence-electron chi connectivity index (χ0n) is 17.9.